The molecule has 0 bridgehead atoms. The summed E-state index contributed by atoms with van der Waals surface area (Å²) < 4.78 is 0. The fourth-order valence-corrected chi connectivity index (χ4v) is 2.29. The molecule has 1 atom stereocenters. The number of likely N-dealkylation sites (tertiary alicyclic amines) is 1. The molecule has 0 aromatic carbocycles. The van der Waals surface area contributed by atoms with E-state index in [1.54, 1.807) is 4.90 Å². The van der Waals surface area contributed by atoms with Gasteiger partial charge in [-0.1, -0.05) is 19.8 Å². The molecule has 0 aromatic rings. The van der Waals surface area contributed by atoms with Crippen molar-refractivity contribution in [2.75, 3.05) is 19.6 Å². The van der Waals surface area contributed by atoms with Gasteiger partial charge in [-0.05, 0) is 25.7 Å². The Balaban J connectivity index is 2.31. The van der Waals surface area contributed by atoms with Crippen molar-refractivity contribution in [3.05, 3.63) is 0 Å². The number of nitrogens with zero attached hydrogens (tertiary/aromatic N) is 1. The molecule has 3 amide bonds. The third-order valence-corrected chi connectivity index (χ3v) is 3.56. The average molecular weight is 299 g/mol. The molecule has 0 unspecified atom stereocenters. The van der Waals surface area contributed by atoms with E-state index in [2.05, 4.69) is 10.6 Å². The first-order valence-corrected chi connectivity index (χ1v) is 7.59. The second-order valence-corrected chi connectivity index (χ2v) is 5.30. The third kappa shape index (κ3) is 6.46. The lowest BCUT2D eigenvalue weighted by atomic mass is 10.1. The fraction of sp³-hybridized carbons (Fsp3) is 0.786. The van der Waals surface area contributed by atoms with Gasteiger partial charge in [0.15, 0.2) is 0 Å². The largest absolute Gasteiger partial charge is 0.480 e. The van der Waals surface area contributed by atoms with Gasteiger partial charge < -0.3 is 20.6 Å². The van der Waals surface area contributed by atoms with Crippen LogP contribution in [0.5, 0.6) is 0 Å². The molecule has 7 heteroatoms. The lowest BCUT2D eigenvalue weighted by Crippen LogP contribution is -2.49. The molecule has 7 nitrogen and oxygen atoms in total. The van der Waals surface area contributed by atoms with Crippen LogP contribution in [-0.2, 0) is 9.59 Å². The number of nitrogens with one attached hydrogen (secondary N) is 2. The van der Waals surface area contributed by atoms with Gasteiger partial charge in [0.2, 0.25) is 5.91 Å². The van der Waals surface area contributed by atoms with E-state index in [1.807, 2.05) is 6.92 Å². The zero-order valence-corrected chi connectivity index (χ0v) is 12.6. The fourth-order valence-electron chi connectivity index (χ4n) is 2.29. The number of carbonyl (C=O) groups is 3. The Hall–Kier alpha value is -1.79. The number of carbonyl (C=O) groups excluding carboxylic acids is 2. The summed E-state index contributed by atoms with van der Waals surface area (Å²) in [6.07, 6.45) is 5.10. The monoisotopic (exact) mass is 299 g/mol. The molecule has 0 spiro atoms. The molecule has 120 valence electrons. The van der Waals surface area contributed by atoms with Gasteiger partial charge in [0, 0.05) is 13.1 Å². The number of piperidine rings is 1. The molecule has 1 rings (SSSR count). The summed E-state index contributed by atoms with van der Waals surface area (Å²) in [7, 11) is 0. The van der Waals surface area contributed by atoms with Crippen LogP contribution in [0.15, 0.2) is 0 Å². The molecule has 1 fully saturated rings. The first kappa shape index (κ1) is 17.3. The maximum atomic E-state index is 11.9. The minimum atomic E-state index is -1.05. The number of hydrogen-bond donors (Lipinski definition) is 3. The summed E-state index contributed by atoms with van der Waals surface area (Å²) in [5, 5.41) is 13.8. The minimum Gasteiger partial charge on any atom is -0.480 e. The van der Waals surface area contributed by atoms with E-state index < -0.39 is 18.0 Å². The number of urea groups is 1. The molecule has 3 N–H and O–H groups in total. The molecule has 0 radical (unpaired) electrons. The minimum absolute atomic E-state index is 0.0913. The van der Waals surface area contributed by atoms with Gasteiger partial charge in [-0.25, -0.2) is 9.59 Å². The van der Waals surface area contributed by atoms with E-state index in [4.69, 9.17) is 5.11 Å². The molecular formula is C14H25N3O4. The predicted molar refractivity (Wildman–Crippen MR) is 77.9 cm³/mol. The molecule has 1 aliphatic rings. The van der Waals surface area contributed by atoms with Gasteiger partial charge in [-0.15, -0.1) is 0 Å². The summed E-state index contributed by atoms with van der Waals surface area (Å²) in [6.45, 7) is 3.33. The summed E-state index contributed by atoms with van der Waals surface area (Å²) in [5.74, 6) is -1.17. The Morgan fingerprint density at radius 1 is 1.19 bits per heavy atom. The molecule has 21 heavy (non-hydrogen) atoms. The summed E-state index contributed by atoms with van der Waals surface area (Å²) in [4.78, 5) is 36.3. The lowest BCUT2D eigenvalue weighted by Gasteiger charge is -2.26. The summed E-state index contributed by atoms with van der Waals surface area (Å²) >= 11 is 0. The van der Waals surface area contributed by atoms with Gasteiger partial charge in [0.25, 0.3) is 0 Å². The number of rotatable bonds is 7. The van der Waals surface area contributed by atoms with Crippen LogP contribution < -0.4 is 10.6 Å². The van der Waals surface area contributed by atoms with E-state index in [0.29, 0.717) is 6.42 Å². The van der Waals surface area contributed by atoms with Crippen LogP contribution in [0.25, 0.3) is 0 Å². The highest BCUT2D eigenvalue weighted by Crippen LogP contribution is 2.08. The van der Waals surface area contributed by atoms with Crippen molar-refractivity contribution in [1.82, 2.24) is 15.5 Å². The molecule has 0 aromatic heterocycles. The van der Waals surface area contributed by atoms with E-state index in [0.717, 1.165) is 45.2 Å². The van der Waals surface area contributed by atoms with Gasteiger partial charge in [-0.3, -0.25) is 4.79 Å². The highest BCUT2D eigenvalue weighted by Gasteiger charge is 2.20. The lowest BCUT2D eigenvalue weighted by molar-refractivity contribution is -0.139. The third-order valence-electron chi connectivity index (χ3n) is 3.56. The van der Waals surface area contributed by atoms with Crippen LogP contribution >= 0.6 is 0 Å². The van der Waals surface area contributed by atoms with Crippen molar-refractivity contribution in [1.29, 1.82) is 0 Å². The average Bonchev–Trinajstić information content (AvgIpc) is 2.49. The normalized spacial score (nSPS) is 16.1. The van der Waals surface area contributed by atoms with Crippen LogP contribution in [0.3, 0.4) is 0 Å². The van der Waals surface area contributed by atoms with Crippen molar-refractivity contribution in [3.63, 3.8) is 0 Å². The number of amides is 3. The Labute approximate surface area is 125 Å². The van der Waals surface area contributed by atoms with Gasteiger partial charge >= 0.3 is 12.0 Å². The SMILES string of the molecule is CCCC[C@H](NC(=O)NCC(=O)N1CCCCC1)C(=O)O. The molecule has 1 heterocycles. The molecular weight excluding hydrogens is 274 g/mol. The van der Waals surface area contributed by atoms with Crippen molar-refractivity contribution in [3.8, 4) is 0 Å². The Morgan fingerprint density at radius 3 is 2.43 bits per heavy atom. The van der Waals surface area contributed by atoms with E-state index in [1.165, 1.54) is 0 Å². The van der Waals surface area contributed by atoms with Crippen molar-refractivity contribution < 1.29 is 19.5 Å². The second kappa shape index (κ2) is 9.20. The first-order chi connectivity index (χ1) is 10.0. The number of aliphatic carboxylic acids is 1. The molecule has 0 saturated carbocycles. The quantitative estimate of drug-likeness (QED) is 0.651. The maximum Gasteiger partial charge on any atom is 0.326 e. The predicted octanol–water partition coefficient (Wildman–Crippen LogP) is 0.941. The maximum absolute atomic E-state index is 11.9. The topological polar surface area (TPSA) is 98.7 Å². The zero-order valence-electron chi connectivity index (χ0n) is 12.6. The van der Waals surface area contributed by atoms with Crippen LogP contribution in [0.4, 0.5) is 4.79 Å². The Kier molecular flexibility index (Phi) is 7.56. The van der Waals surface area contributed by atoms with E-state index in [-0.39, 0.29) is 12.5 Å². The zero-order chi connectivity index (χ0) is 15.7. The Bertz CT molecular complexity index is 367. The standard InChI is InChI=1S/C14H25N3O4/c1-2-3-7-11(13(19)20)16-14(21)15-10-12(18)17-8-5-4-6-9-17/h11H,2-10H2,1H3,(H,19,20)(H2,15,16,21)/t11-/m0/s1. The van der Waals surface area contributed by atoms with Gasteiger partial charge in [0.1, 0.15) is 6.04 Å². The van der Waals surface area contributed by atoms with E-state index >= 15 is 0 Å². The number of unbranched alkanes of at least 4 members (excludes halogenated alkanes) is 1. The Morgan fingerprint density at radius 2 is 1.86 bits per heavy atom. The summed E-state index contributed by atoms with van der Waals surface area (Å²) in [6, 6.07) is -1.51. The second-order valence-electron chi connectivity index (χ2n) is 5.30. The van der Waals surface area contributed by atoms with Gasteiger partial charge in [0.05, 0.1) is 6.54 Å². The molecule has 0 aliphatic carbocycles. The summed E-state index contributed by atoms with van der Waals surface area (Å²) in [5.41, 5.74) is 0. The van der Waals surface area contributed by atoms with E-state index in [9.17, 15) is 14.4 Å². The highest BCUT2D eigenvalue weighted by molar-refractivity contribution is 5.86. The van der Waals surface area contributed by atoms with Crippen LogP contribution in [0, 0.1) is 0 Å². The smallest absolute Gasteiger partial charge is 0.326 e. The van der Waals surface area contributed by atoms with Crippen LogP contribution in [0.1, 0.15) is 45.4 Å². The van der Waals surface area contributed by atoms with Crippen LogP contribution in [0.2, 0.25) is 0 Å². The number of carboxylic acid groups (broad SMARTS) is 1. The van der Waals surface area contributed by atoms with Crippen molar-refractivity contribution in [2.45, 2.75) is 51.5 Å². The van der Waals surface area contributed by atoms with Crippen molar-refractivity contribution in [2.24, 2.45) is 0 Å². The molecule has 1 saturated heterocycles. The number of carboxylic acids is 1. The molecule has 1 aliphatic heterocycles. The highest BCUT2D eigenvalue weighted by atomic mass is 16.4. The van der Waals surface area contributed by atoms with Crippen molar-refractivity contribution >= 4 is 17.9 Å². The first-order valence-electron chi connectivity index (χ1n) is 7.59. The number of hydrogen-bond acceptors (Lipinski definition) is 3. The van der Waals surface area contributed by atoms with Gasteiger partial charge in [-0.2, -0.15) is 0 Å². The van der Waals surface area contributed by atoms with Crippen LogP contribution in [-0.4, -0.2) is 53.6 Å².